The number of amides is 1. The van der Waals surface area contributed by atoms with Gasteiger partial charge in [0.05, 0.1) is 4.88 Å². The lowest BCUT2D eigenvalue weighted by atomic mass is 9.93. The van der Waals surface area contributed by atoms with E-state index in [9.17, 15) is 4.79 Å². The quantitative estimate of drug-likeness (QED) is 0.536. The van der Waals surface area contributed by atoms with Gasteiger partial charge in [-0.1, -0.05) is 26.8 Å². The zero-order valence-electron chi connectivity index (χ0n) is 18.5. The van der Waals surface area contributed by atoms with Crippen molar-refractivity contribution in [3.63, 3.8) is 0 Å². The minimum absolute atomic E-state index is 0.226. The standard InChI is InChI=1S/C22H35N5OS2/c1-4-25(16-17(2)3)11-7-18-8-12-26(13-9-18)20(28)10-14-27-21(23-24-22(27)29)19-6-5-15-30-19/h5-6,15,17-18H,4,7-14,16H2,1-3H3,(H,24,29). The van der Waals surface area contributed by atoms with Gasteiger partial charge in [0.1, 0.15) is 0 Å². The average Bonchev–Trinajstić information content (AvgIpc) is 3.39. The number of thiophene rings is 1. The van der Waals surface area contributed by atoms with E-state index in [1.165, 1.54) is 19.5 Å². The number of hydrogen-bond acceptors (Lipinski definition) is 5. The lowest BCUT2D eigenvalue weighted by molar-refractivity contribution is -0.132. The highest BCUT2D eigenvalue weighted by atomic mass is 32.1. The van der Waals surface area contributed by atoms with Gasteiger partial charge < -0.3 is 9.80 Å². The fraction of sp³-hybridized carbons (Fsp3) is 0.682. The molecule has 0 atom stereocenters. The molecule has 0 unspecified atom stereocenters. The highest BCUT2D eigenvalue weighted by Crippen LogP contribution is 2.24. The Morgan fingerprint density at radius 3 is 2.80 bits per heavy atom. The zero-order chi connectivity index (χ0) is 21.5. The van der Waals surface area contributed by atoms with Gasteiger partial charge in [0.15, 0.2) is 10.6 Å². The predicted octanol–water partition coefficient (Wildman–Crippen LogP) is 4.67. The highest BCUT2D eigenvalue weighted by Gasteiger charge is 2.23. The van der Waals surface area contributed by atoms with Crippen LogP contribution in [0.3, 0.4) is 0 Å². The smallest absolute Gasteiger partial charge is 0.224 e. The second-order valence-electron chi connectivity index (χ2n) is 8.63. The van der Waals surface area contributed by atoms with E-state index >= 15 is 0 Å². The maximum atomic E-state index is 12.8. The summed E-state index contributed by atoms with van der Waals surface area (Å²) in [6.07, 6.45) is 3.96. The third kappa shape index (κ3) is 6.25. The van der Waals surface area contributed by atoms with Crippen LogP contribution in [0.1, 0.15) is 46.5 Å². The Hall–Kier alpha value is -1.51. The first-order valence-corrected chi connectivity index (χ1v) is 12.5. The topological polar surface area (TPSA) is 57.2 Å². The summed E-state index contributed by atoms with van der Waals surface area (Å²) >= 11 is 7.01. The first-order chi connectivity index (χ1) is 14.5. The predicted molar refractivity (Wildman–Crippen MR) is 126 cm³/mol. The average molecular weight is 450 g/mol. The molecule has 0 radical (unpaired) electrons. The second-order valence-corrected chi connectivity index (χ2v) is 9.97. The van der Waals surface area contributed by atoms with Crippen molar-refractivity contribution < 1.29 is 4.79 Å². The molecule has 1 amide bonds. The number of aromatic amines is 1. The molecule has 1 saturated heterocycles. The van der Waals surface area contributed by atoms with Crippen molar-refractivity contribution in [3.05, 3.63) is 22.3 Å². The third-order valence-corrected chi connectivity index (χ3v) is 7.12. The molecule has 6 nitrogen and oxygen atoms in total. The molecule has 3 heterocycles. The molecule has 0 aromatic carbocycles. The Morgan fingerprint density at radius 2 is 2.17 bits per heavy atom. The number of H-pyrrole nitrogens is 1. The maximum Gasteiger partial charge on any atom is 0.224 e. The van der Waals surface area contributed by atoms with E-state index in [-0.39, 0.29) is 5.91 Å². The van der Waals surface area contributed by atoms with Crippen LogP contribution in [0.25, 0.3) is 10.7 Å². The molecule has 30 heavy (non-hydrogen) atoms. The largest absolute Gasteiger partial charge is 0.343 e. The minimum atomic E-state index is 0.226. The van der Waals surface area contributed by atoms with Gasteiger partial charge in [-0.05, 0) is 67.9 Å². The molecule has 8 heteroatoms. The second kappa shape index (κ2) is 11.2. The van der Waals surface area contributed by atoms with Crippen molar-refractivity contribution in [2.45, 2.75) is 53.0 Å². The van der Waals surface area contributed by atoms with E-state index in [4.69, 9.17) is 12.2 Å². The molecule has 166 valence electrons. The molecule has 1 fully saturated rings. The minimum Gasteiger partial charge on any atom is -0.343 e. The zero-order valence-corrected chi connectivity index (χ0v) is 20.1. The van der Waals surface area contributed by atoms with Gasteiger partial charge in [0, 0.05) is 32.6 Å². The summed E-state index contributed by atoms with van der Waals surface area (Å²) in [5.74, 6) is 2.50. The molecular weight excluding hydrogens is 414 g/mol. The Bertz CT molecular complexity index is 834. The van der Waals surface area contributed by atoms with Crippen LogP contribution in [0.4, 0.5) is 0 Å². The van der Waals surface area contributed by atoms with Crippen LogP contribution in [-0.2, 0) is 11.3 Å². The van der Waals surface area contributed by atoms with E-state index in [1.54, 1.807) is 11.3 Å². The summed E-state index contributed by atoms with van der Waals surface area (Å²) in [5.41, 5.74) is 0. The molecule has 0 bridgehead atoms. The van der Waals surface area contributed by atoms with Crippen LogP contribution in [-0.4, -0.2) is 63.2 Å². The fourth-order valence-corrected chi connectivity index (χ4v) is 5.16. The number of piperidine rings is 1. The van der Waals surface area contributed by atoms with E-state index in [2.05, 4.69) is 35.9 Å². The Kier molecular flexibility index (Phi) is 8.65. The summed E-state index contributed by atoms with van der Waals surface area (Å²) in [7, 11) is 0. The Labute approximate surface area is 189 Å². The summed E-state index contributed by atoms with van der Waals surface area (Å²) in [6.45, 7) is 12.6. The first kappa shape index (κ1) is 23.2. The molecule has 1 aliphatic rings. The lowest BCUT2D eigenvalue weighted by Crippen LogP contribution is -2.39. The number of rotatable bonds is 10. The Morgan fingerprint density at radius 1 is 1.40 bits per heavy atom. The van der Waals surface area contributed by atoms with Gasteiger partial charge in [-0.2, -0.15) is 5.10 Å². The summed E-state index contributed by atoms with van der Waals surface area (Å²) in [4.78, 5) is 18.4. The number of nitrogens with one attached hydrogen (secondary N) is 1. The molecule has 3 rings (SSSR count). The van der Waals surface area contributed by atoms with Crippen LogP contribution < -0.4 is 0 Å². The van der Waals surface area contributed by atoms with Gasteiger partial charge in [-0.3, -0.25) is 14.5 Å². The first-order valence-electron chi connectivity index (χ1n) is 11.2. The Balaban J connectivity index is 1.44. The normalized spacial score (nSPS) is 15.4. The van der Waals surface area contributed by atoms with E-state index in [0.717, 1.165) is 49.1 Å². The molecule has 2 aromatic rings. The van der Waals surface area contributed by atoms with Crippen LogP contribution in [0.5, 0.6) is 0 Å². The van der Waals surface area contributed by atoms with Crippen LogP contribution in [0.15, 0.2) is 17.5 Å². The van der Waals surface area contributed by atoms with Crippen molar-refractivity contribution in [1.82, 2.24) is 24.6 Å². The van der Waals surface area contributed by atoms with Crippen molar-refractivity contribution in [3.8, 4) is 10.7 Å². The van der Waals surface area contributed by atoms with E-state index in [1.807, 2.05) is 27.0 Å². The van der Waals surface area contributed by atoms with Gasteiger partial charge in [0.25, 0.3) is 0 Å². The maximum absolute atomic E-state index is 12.8. The molecule has 2 aromatic heterocycles. The number of likely N-dealkylation sites (tertiary alicyclic amines) is 1. The van der Waals surface area contributed by atoms with Crippen molar-refractivity contribution in [2.75, 3.05) is 32.7 Å². The lowest BCUT2D eigenvalue weighted by Gasteiger charge is -2.33. The van der Waals surface area contributed by atoms with Crippen LogP contribution in [0, 0.1) is 16.6 Å². The van der Waals surface area contributed by atoms with Crippen molar-refractivity contribution in [2.24, 2.45) is 11.8 Å². The van der Waals surface area contributed by atoms with Crippen molar-refractivity contribution in [1.29, 1.82) is 0 Å². The van der Waals surface area contributed by atoms with Gasteiger partial charge >= 0.3 is 0 Å². The summed E-state index contributed by atoms with van der Waals surface area (Å²) in [6, 6.07) is 4.03. The number of aromatic nitrogens is 3. The fourth-order valence-electron chi connectivity index (χ4n) is 4.22. The number of nitrogens with zero attached hydrogens (tertiary/aromatic N) is 4. The van der Waals surface area contributed by atoms with Gasteiger partial charge in [-0.25, -0.2) is 0 Å². The van der Waals surface area contributed by atoms with Gasteiger partial charge in [0.2, 0.25) is 5.91 Å². The van der Waals surface area contributed by atoms with Gasteiger partial charge in [-0.15, -0.1) is 11.3 Å². The summed E-state index contributed by atoms with van der Waals surface area (Å²) < 4.78 is 2.52. The monoisotopic (exact) mass is 449 g/mol. The number of carbonyl (C=O) groups excluding carboxylic acids is 1. The van der Waals surface area contributed by atoms with Crippen LogP contribution >= 0.6 is 23.6 Å². The van der Waals surface area contributed by atoms with Crippen molar-refractivity contribution >= 4 is 29.5 Å². The molecular formula is C22H35N5OS2. The molecule has 0 aliphatic carbocycles. The SMILES string of the molecule is CCN(CCC1CCN(C(=O)CCn2c(-c3cccs3)n[nH]c2=S)CC1)CC(C)C. The molecule has 0 saturated carbocycles. The molecule has 1 aliphatic heterocycles. The number of hydrogen-bond donors (Lipinski definition) is 1. The van der Waals surface area contributed by atoms with E-state index in [0.29, 0.717) is 23.7 Å². The number of carbonyl (C=O) groups is 1. The summed E-state index contributed by atoms with van der Waals surface area (Å²) in [5, 5.41) is 9.24. The molecule has 0 spiro atoms. The van der Waals surface area contributed by atoms with Crippen LogP contribution in [0.2, 0.25) is 0 Å². The molecule has 1 N–H and O–H groups in total. The highest BCUT2D eigenvalue weighted by molar-refractivity contribution is 7.71. The third-order valence-electron chi connectivity index (χ3n) is 5.94. The van der Waals surface area contributed by atoms with E-state index < -0.39 is 0 Å².